The number of nitrogens with zero attached hydrogens (tertiary/aromatic N) is 1. The van der Waals surface area contributed by atoms with E-state index in [1.807, 2.05) is 18.3 Å². The van der Waals surface area contributed by atoms with Crippen molar-refractivity contribution in [3.8, 4) is 0 Å². The van der Waals surface area contributed by atoms with Crippen LogP contribution in [0.5, 0.6) is 0 Å². The second-order valence-corrected chi connectivity index (χ2v) is 5.16. The lowest BCUT2D eigenvalue weighted by atomic mass is 9.85. The zero-order valence-electron chi connectivity index (χ0n) is 10.9. The van der Waals surface area contributed by atoms with E-state index in [2.05, 4.69) is 28.5 Å². The van der Waals surface area contributed by atoms with Crippen LogP contribution in [0.3, 0.4) is 0 Å². The lowest BCUT2D eigenvalue weighted by Gasteiger charge is -2.24. The Labute approximate surface area is 113 Å². The molecule has 0 spiro atoms. The smallest absolute Gasteiger partial charge is 0.223 e. The van der Waals surface area contributed by atoms with Crippen LogP contribution in [0.1, 0.15) is 24.8 Å². The predicted molar refractivity (Wildman–Crippen MR) is 75.8 cm³/mol. The molecule has 2 aromatic rings. The summed E-state index contributed by atoms with van der Waals surface area (Å²) in [4.78, 5) is 16.2. The summed E-state index contributed by atoms with van der Waals surface area (Å²) >= 11 is 0. The molecule has 1 aliphatic rings. The highest BCUT2D eigenvalue weighted by Gasteiger charge is 2.24. The van der Waals surface area contributed by atoms with Gasteiger partial charge in [0.2, 0.25) is 5.91 Å². The highest BCUT2D eigenvalue weighted by molar-refractivity contribution is 5.82. The molecule has 19 heavy (non-hydrogen) atoms. The fourth-order valence-corrected chi connectivity index (χ4v) is 2.50. The molecule has 0 radical (unpaired) electrons. The maximum absolute atomic E-state index is 11.8. The Hall–Kier alpha value is -1.90. The van der Waals surface area contributed by atoms with E-state index < -0.39 is 0 Å². The molecule has 1 saturated carbocycles. The van der Waals surface area contributed by atoms with Gasteiger partial charge in [0.05, 0.1) is 5.52 Å². The average Bonchev–Trinajstić information content (AvgIpc) is 2.37. The molecule has 0 bridgehead atoms. The number of benzene rings is 1. The van der Waals surface area contributed by atoms with Crippen molar-refractivity contribution in [3.63, 3.8) is 0 Å². The number of aromatic nitrogens is 1. The van der Waals surface area contributed by atoms with E-state index in [9.17, 15) is 4.79 Å². The quantitative estimate of drug-likeness (QED) is 0.911. The minimum Gasteiger partial charge on any atom is -0.356 e. The van der Waals surface area contributed by atoms with E-state index in [1.54, 1.807) is 0 Å². The van der Waals surface area contributed by atoms with Crippen molar-refractivity contribution in [2.45, 2.75) is 25.7 Å². The number of carbonyl (C=O) groups excluding carboxylic acids is 1. The number of hydrogen-bond acceptors (Lipinski definition) is 2. The van der Waals surface area contributed by atoms with Gasteiger partial charge in [0, 0.05) is 24.0 Å². The van der Waals surface area contributed by atoms with Gasteiger partial charge in [-0.3, -0.25) is 9.78 Å². The summed E-state index contributed by atoms with van der Waals surface area (Å²) in [6.07, 6.45) is 5.97. The molecule has 0 unspecified atom stereocenters. The fourth-order valence-electron chi connectivity index (χ4n) is 2.50. The Morgan fingerprint density at radius 2 is 2.11 bits per heavy atom. The van der Waals surface area contributed by atoms with Gasteiger partial charge < -0.3 is 5.32 Å². The molecule has 1 aromatic heterocycles. The van der Waals surface area contributed by atoms with E-state index in [1.165, 1.54) is 12.0 Å². The third kappa shape index (κ3) is 2.60. The van der Waals surface area contributed by atoms with Gasteiger partial charge in [-0.15, -0.1) is 0 Å². The monoisotopic (exact) mass is 254 g/mol. The highest BCUT2D eigenvalue weighted by Crippen LogP contribution is 2.26. The summed E-state index contributed by atoms with van der Waals surface area (Å²) in [6, 6.07) is 10.2. The lowest BCUT2D eigenvalue weighted by Crippen LogP contribution is -2.35. The van der Waals surface area contributed by atoms with Gasteiger partial charge in [0.1, 0.15) is 0 Å². The summed E-state index contributed by atoms with van der Waals surface area (Å²) in [6.45, 7) is 0.699. The third-order valence-electron chi connectivity index (χ3n) is 3.89. The first-order valence-corrected chi connectivity index (χ1v) is 6.95. The SMILES string of the molecule is O=C(NCCc1cccc2cccnc12)C1CCC1. The Kier molecular flexibility index (Phi) is 3.45. The Bertz CT molecular complexity index is 585. The van der Waals surface area contributed by atoms with Crippen LogP contribution < -0.4 is 5.32 Å². The van der Waals surface area contributed by atoms with Crippen LogP contribution in [0.25, 0.3) is 10.9 Å². The first-order chi connectivity index (χ1) is 9.34. The predicted octanol–water partition coefficient (Wildman–Crippen LogP) is 2.69. The normalized spacial score (nSPS) is 15.2. The highest BCUT2D eigenvalue weighted by atomic mass is 16.1. The molecule has 3 rings (SSSR count). The van der Waals surface area contributed by atoms with Crippen LogP contribution in [-0.2, 0) is 11.2 Å². The second-order valence-electron chi connectivity index (χ2n) is 5.16. The van der Waals surface area contributed by atoms with Gasteiger partial charge in [-0.2, -0.15) is 0 Å². The number of nitrogens with one attached hydrogen (secondary N) is 1. The second kappa shape index (κ2) is 5.39. The molecule has 1 fully saturated rings. The van der Waals surface area contributed by atoms with Crippen LogP contribution in [0.15, 0.2) is 36.5 Å². The minimum absolute atomic E-state index is 0.222. The van der Waals surface area contributed by atoms with Crippen molar-refractivity contribution in [3.05, 3.63) is 42.1 Å². The number of amides is 1. The Balaban J connectivity index is 1.63. The standard InChI is InChI=1S/C16H18N2O/c19-16(14-6-2-7-14)18-11-9-13-5-1-4-12-8-3-10-17-15(12)13/h1,3-5,8,10,14H,2,6-7,9,11H2,(H,18,19). The van der Waals surface area contributed by atoms with Crippen molar-refractivity contribution in [2.75, 3.05) is 6.54 Å². The number of para-hydroxylation sites is 1. The summed E-state index contributed by atoms with van der Waals surface area (Å²) in [5.74, 6) is 0.491. The van der Waals surface area contributed by atoms with Crippen LogP contribution in [0.2, 0.25) is 0 Å². The molecule has 1 aliphatic carbocycles. The molecule has 98 valence electrons. The third-order valence-corrected chi connectivity index (χ3v) is 3.89. The molecule has 3 nitrogen and oxygen atoms in total. The molecule has 0 atom stereocenters. The van der Waals surface area contributed by atoms with Gasteiger partial charge in [-0.05, 0) is 30.9 Å². The zero-order chi connectivity index (χ0) is 13.1. The average molecular weight is 254 g/mol. The lowest BCUT2D eigenvalue weighted by molar-refractivity contribution is -0.127. The number of carbonyl (C=O) groups is 1. The van der Waals surface area contributed by atoms with Crippen LogP contribution in [0.4, 0.5) is 0 Å². The van der Waals surface area contributed by atoms with Crippen molar-refractivity contribution < 1.29 is 4.79 Å². The topological polar surface area (TPSA) is 42.0 Å². The van der Waals surface area contributed by atoms with Gasteiger partial charge >= 0.3 is 0 Å². The van der Waals surface area contributed by atoms with Crippen LogP contribution in [-0.4, -0.2) is 17.4 Å². The molecule has 1 heterocycles. The van der Waals surface area contributed by atoms with Crippen molar-refractivity contribution >= 4 is 16.8 Å². The molecule has 1 N–H and O–H groups in total. The number of rotatable bonds is 4. The van der Waals surface area contributed by atoms with Gasteiger partial charge in [-0.25, -0.2) is 0 Å². The maximum atomic E-state index is 11.8. The van der Waals surface area contributed by atoms with Crippen molar-refractivity contribution in [1.29, 1.82) is 0 Å². The van der Waals surface area contributed by atoms with E-state index in [4.69, 9.17) is 0 Å². The molecule has 1 aromatic carbocycles. The molecule has 1 amide bonds. The van der Waals surface area contributed by atoms with E-state index in [-0.39, 0.29) is 11.8 Å². The van der Waals surface area contributed by atoms with Gasteiger partial charge in [0.25, 0.3) is 0 Å². The fraction of sp³-hybridized carbons (Fsp3) is 0.375. The summed E-state index contributed by atoms with van der Waals surface area (Å²) in [7, 11) is 0. The summed E-state index contributed by atoms with van der Waals surface area (Å²) in [5.41, 5.74) is 2.25. The van der Waals surface area contributed by atoms with Crippen LogP contribution in [0, 0.1) is 5.92 Å². The minimum atomic E-state index is 0.222. The number of fused-ring (bicyclic) bond motifs is 1. The van der Waals surface area contributed by atoms with Crippen molar-refractivity contribution in [1.82, 2.24) is 10.3 Å². The number of pyridine rings is 1. The van der Waals surface area contributed by atoms with E-state index >= 15 is 0 Å². The Morgan fingerprint density at radius 1 is 1.26 bits per heavy atom. The Morgan fingerprint density at radius 3 is 2.89 bits per heavy atom. The first-order valence-electron chi connectivity index (χ1n) is 6.95. The zero-order valence-corrected chi connectivity index (χ0v) is 10.9. The van der Waals surface area contributed by atoms with Crippen LogP contribution >= 0.6 is 0 Å². The summed E-state index contributed by atoms with van der Waals surface area (Å²) < 4.78 is 0. The van der Waals surface area contributed by atoms with Gasteiger partial charge in [0.15, 0.2) is 0 Å². The molecule has 0 saturated heterocycles. The molecule has 3 heteroatoms. The molecular formula is C16H18N2O. The number of hydrogen-bond donors (Lipinski definition) is 1. The first kappa shape index (κ1) is 12.2. The van der Waals surface area contributed by atoms with E-state index in [0.717, 1.165) is 30.2 Å². The largest absolute Gasteiger partial charge is 0.356 e. The summed E-state index contributed by atoms with van der Waals surface area (Å²) in [5, 5.41) is 4.19. The maximum Gasteiger partial charge on any atom is 0.223 e. The van der Waals surface area contributed by atoms with E-state index in [0.29, 0.717) is 6.54 Å². The van der Waals surface area contributed by atoms with Gasteiger partial charge in [-0.1, -0.05) is 30.7 Å². The molecular weight excluding hydrogens is 236 g/mol. The molecule has 0 aliphatic heterocycles. The van der Waals surface area contributed by atoms with Crippen molar-refractivity contribution in [2.24, 2.45) is 5.92 Å².